The van der Waals surface area contributed by atoms with Gasteiger partial charge in [-0.15, -0.1) is 0 Å². The lowest BCUT2D eigenvalue weighted by Gasteiger charge is -2.21. The monoisotopic (exact) mass is 568 g/mol. The number of amides is 3. The van der Waals surface area contributed by atoms with Gasteiger partial charge in [0.25, 0.3) is 0 Å². The van der Waals surface area contributed by atoms with Gasteiger partial charge in [0.15, 0.2) is 0 Å². The summed E-state index contributed by atoms with van der Waals surface area (Å²) in [5.74, 6) is -0.176. The van der Waals surface area contributed by atoms with Crippen molar-refractivity contribution in [2.45, 2.75) is 70.8 Å². The molecule has 1 aliphatic heterocycles. The molecular weight excluding hydrogens is 532 g/mol. The molecule has 0 aliphatic carbocycles. The fourth-order valence-electron chi connectivity index (χ4n) is 5.18. The maximum Gasteiger partial charge on any atom is 0.329 e. The van der Waals surface area contributed by atoms with Crippen molar-refractivity contribution in [3.63, 3.8) is 0 Å². The maximum atomic E-state index is 13.0. The Kier molecular flexibility index (Phi) is 9.68. The average Bonchev–Trinajstić information content (AvgIpc) is 3.16. The molecule has 40 heavy (non-hydrogen) atoms. The molecule has 0 bridgehead atoms. The molecule has 2 atom stereocenters. The third-order valence-electron chi connectivity index (χ3n) is 7.54. The summed E-state index contributed by atoms with van der Waals surface area (Å²) in [4.78, 5) is 47.9. The summed E-state index contributed by atoms with van der Waals surface area (Å²) in [5.41, 5.74) is 8.62. The van der Waals surface area contributed by atoms with Crippen LogP contribution in [0.4, 0.5) is 0 Å². The van der Waals surface area contributed by atoms with E-state index in [1.807, 2.05) is 43.3 Å². The summed E-state index contributed by atoms with van der Waals surface area (Å²) in [7, 11) is 1.71. The van der Waals surface area contributed by atoms with Crippen LogP contribution in [0.3, 0.4) is 0 Å². The average molecular weight is 569 g/mol. The van der Waals surface area contributed by atoms with Gasteiger partial charge in [-0.05, 0) is 73.8 Å². The van der Waals surface area contributed by atoms with E-state index in [1.165, 1.54) is 4.57 Å². The number of carbonyl (C=O) groups is 3. The third kappa shape index (κ3) is 6.94. The van der Waals surface area contributed by atoms with Crippen molar-refractivity contribution in [1.82, 2.24) is 14.5 Å². The molecule has 3 aromatic rings. The Hall–Kier alpha value is -3.59. The molecule has 2 aromatic carbocycles. The Morgan fingerprint density at radius 1 is 1.12 bits per heavy atom. The molecule has 1 saturated heterocycles. The Bertz CT molecular complexity index is 1460. The van der Waals surface area contributed by atoms with Crippen LogP contribution in [0.1, 0.15) is 69.0 Å². The Labute approximate surface area is 238 Å². The molecule has 3 N–H and O–H groups in total. The number of primary amides is 1. The molecule has 214 valence electrons. The summed E-state index contributed by atoms with van der Waals surface area (Å²) in [6.07, 6.45) is 6.26. The molecule has 0 radical (unpaired) electrons. The number of imidazole rings is 1. The zero-order valence-corrected chi connectivity index (χ0v) is 23.8. The normalized spacial score (nSPS) is 16.2. The number of hydrogen-bond acceptors (Lipinski definition) is 5. The second-order valence-corrected chi connectivity index (χ2v) is 11.1. The molecule has 2 heterocycles. The summed E-state index contributed by atoms with van der Waals surface area (Å²) in [5, 5.41) is 2.98. The van der Waals surface area contributed by atoms with Crippen molar-refractivity contribution in [3.8, 4) is 5.75 Å². The van der Waals surface area contributed by atoms with Gasteiger partial charge in [-0.2, -0.15) is 0 Å². The second-order valence-electron chi connectivity index (χ2n) is 10.7. The van der Waals surface area contributed by atoms with Gasteiger partial charge in [-0.1, -0.05) is 43.1 Å². The van der Waals surface area contributed by atoms with Gasteiger partial charge in [-0.25, -0.2) is 4.79 Å². The van der Waals surface area contributed by atoms with Crippen molar-refractivity contribution >= 4 is 40.4 Å². The SMILES string of the molecule is C[C@@H](CCC(N)=O)COc1cccc(CCCCCc2ccc3c(c2)n(C)c(=O)n3C2CCC(=O)NC2=O)c1Cl. The zero-order valence-electron chi connectivity index (χ0n) is 23.1. The zero-order chi connectivity index (χ0) is 28.8. The standard InChI is InChI=1S/C30H37ClN4O5/c1-19(11-15-26(32)36)18-40-25-10-6-9-21(28(25)31)8-5-3-4-7-20-12-13-22-24(17-20)34(2)30(39)35(22)23-14-16-27(37)33-29(23)38/h6,9-10,12-13,17,19,23H,3-5,7-8,11,14-16,18H2,1-2H3,(H2,32,36)(H,33,37,38)/t19-,23?/m0/s1. The first-order valence-corrected chi connectivity index (χ1v) is 14.3. The van der Waals surface area contributed by atoms with E-state index >= 15 is 0 Å². The number of carbonyl (C=O) groups excluding carboxylic acids is 3. The van der Waals surface area contributed by atoms with Crippen LogP contribution in [0.2, 0.25) is 5.02 Å². The number of halogens is 1. The first-order chi connectivity index (χ1) is 19.2. The van der Waals surface area contributed by atoms with Crippen LogP contribution in [-0.4, -0.2) is 33.5 Å². The molecule has 1 aliphatic rings. The van der Waals surface area contributed by atoms with E-state index in [9.17, 15) is 19.2 Å². The summed E-state index contributed by atoms with van der Waals surface area (Å²) in [6.45, 7) is 2.50. The number of nitrogens with two attached hydrogens (primary N) is 1. The van der Waals surface area contributed by atoms with Crippen LogP contribution in [0, 0.1) is 5.92 Å². The van der Waals surface area contributed by atoms with Crippen LogP contribution in [-0.2, 0) is 34.3 Å². The van der Waals surface area contributed by atoms with Gasteiger partial charge in [-0.3, -0.25) is 28.8 Å². The second kappa shape index (κ2) is 13.2. The van der Waals surface area contributed by atoms with Crippen LogP contribution in [0.15, 0.2) is 41.2 Å². The largest absolute Gasteiger partial charge is 0.492 e. The Morgan fingerprint density at radius 3 is 2.65 bits per heavy atom. The summed E-state index contributed by atoms with van der Waals surface area (Å²) >= 11 is 6.62. The lowest BCUT2D eigenvalue weighted by atomic mass is 10.0. The minimum Gasteiger partial charge on any atom is -0.492 e. The van der Waals surface area contributed by atoms with Gasteiger partial charge >= 0.3 is 5.69 Å². The number of ether oxygens (including phenoxy) is 1. The van der Waals surface area contributed by atoms with E-state index in [4.69, 9.17) is 22.1 Å². The first kappa shape index (κ1) is 29.4. The van der Waals surface area contributed by atoms with Crippen molar-refractivity contribution in [3.05, 3.63) is 63.0 Å². The van der Waals surface area contributed by atoms with Crippen molar-refractivity contribution in [2.75, 3.05) is 6.61 Å². The van der Waals surface area contributed by atoms with E-state index in [-0.39, 0.29) is 29.8 Å². The number of fused-ring (bicyclic) bond motifs is 1. The fraction of sp³-hybridized carbons (Fsp3) is 0.467. The predicted molar refractivity (Wildman–Crippen MR) is 154 cm³/mol. The molecule has 10 heteroatoms. The number of nitrogens with zero attached hydrogens (tertiary/aromatic N) is 2. The highest BCUT2D eigenvalue weighted by Crippen LogP contribution is 2.30. The number of imide groups is 1. The van der Waals surface area contributed by atoms with E-state index in [0.717, 1.165) is 48.7 Å². The molecule has 4 rings (SSSR count). The van der Waals surface area contributed by atoms with Gasteiger partial charge < -0.3 is 10.5 Å². The van der Waals surface area contributed by atoms with Gasteiger partial charge in [0.2, 0.25) is 17.7 Å². The van der Waals surface area contributed by atoms with Gasteiger partial charge in [0.05, 0.1) is 22.7 Å². The number of rotatable bonds is 13. The minimum atomic E-state index is -0.680. The molecule has 0 spiro atoms. The molecule has 9 nitrogen and oxygen atoms in total. The number of unbranched alkanes of at least 4 members (excludes halogenated alkanes) is 2. The highest BCUT2D eigenvalue weighted by molar-refractivity contribution is 6.32. The molecule has 1 fully saturated rings. The Morgan fingerprint density at radius 2 is 1.90 bits per heavy atom. The van der Waals surface area contributed by atoms with E-state index < -0.39 is 11.9 Å². The first-order valence-electron chi connectivity index (χ1n) is 13.9. The topological polar surface area (TPSA) is 125 Å². The highest BCUT2D eigenvalue weighted by atomic mass is 35.5. The van der Waals surface area contributed by atoms with Crippen LogP contribution in [0.5, 0.6) is 5.75 Å². The lowest BCUT2D eigenvalue weighted by Crippen LogP contribution is -2.44. The van der Waals surface area contributed by atoms with Crippen LogP contribution in [0.25, 0.3) is 11.0 Å². The molecule has 1 unspecified atom stereocenters. The van der Waals surface area contributed by atoms with Crippen LogP contribution < -0.4 is 21.5 Å². The third-order valence-corrected chi connectivity index (χ3v) is 7.97. The summed E-state index contributed by atoms with van der Waals surface area (Å²) < 4.78 is 8.99. The number of hydrogen-bond donors (Lipinski definition) is 2. The highest BCUT2D eigenvalue weighted by Gasteiger charge is 2.31. The predicted octanol–water partition coefficient (Wildman–Crippen LogP) is 4.21. The van der Waals surface area contributed by atoms with E-state index in [1.54, 1.807) is 11.6 Å². The molecule has 3 amide bonds. The number of aryl methyl sites for hydroxylation is 3. The van der Waals surface area contributed by atoms with Crippen LogP contribution >= 0.6 is 11.6 Å². The number of nitrogens with one attached hydrogen (secondary N) is 1. The molecule has 0 saturated carbocycles. The van der Waals surface area contributed by atoms with E-state index in [0.29, 0.717) is 42.2 Å². The van der Waals surface area contributed by atoms with Crippen molar-refractivity contribution in [1.29, 1.82) is 0 Å². The lowest BCUT2D eigenvalue weighted by molar-refractivity contribution is -0.135. The number of benzene rings is 2. The number of piperidine rings is 1. The van der Waals surface area contributed by atoms with E-state index in [2.05, 4.69) is 5.32 Å². The fourth-order valence-corrected chi connectivity index (χ4v) is 5.46. The van der Waals surface area contributed by atoms with Crippen molar-refractivity contribution < 1.29 is 19.1 Å². The van der Waals surface area contributed by atoms with Crippen molar-refractivity contribution in [2.24, 2.45) is 18.7 Å². The summed E-state index contributed by atoms with van der Waals surface area (Å²) in [6, 6.07) is 11.1. The van der Waals surface area contributed by atoms with Gasteiger partial charge in [0.1, 0.15) is 11.8 Å². The van der Waals surface area contributed by atoms with Gasteiger partial charge in [0, 0.05) is 19.9 Å². The molecular formula is C30H37ClN4O5. The maximum absolute atomic E-state index is 13.0. The molecule has 1 aromatic heterocycles. The minimum absolute atomic E-state index is 0.199. The Balaban J connectivity index is 1.30. The number of aromatic nitrogens is 2. The smallest absolute Gasteiger partial charge is 0.329 e. The quantitative estimate of drug-likeness (QED) is 0.236.